The van der Waals surface area contributed by atoms with Crippen molar-refractivity contribution in [3.8, 4) is 17.1 Å². The number of benzene rings is 2. The van der Waals surface area contributed by atoms with Crippen molar-refractivity contribution in [3.63, 3.8) is 0 Å². The monoisotopic (exact) mass is 451 g/mol. The topological polar surface area (TPSA) is 106 Å². The summed E-state index contributed by atoms with van der Waals surface area (Å²) in [6.45, 7) is 0. The maximum atomic E-state index is 12.5. The lowest BCUT2D eigenvalue weighted by Crippen LogP contribution is -2.12. The summed E-state index contributed by atoms with van der Waals surface area (Å²) in [5, 5.41) is 9.00. The zero-order valence-electron chi connectivity index (χ0n) is 14.0. The van der Waals surface area contributed by atoms with Crippen molar-refractivity contribution in [3.05, 3.63) is 64.8 Å². The molecule has 0 fully saturated rings. The number of furan rings is 1. The summed E-state index contributed by atoms with van der Waals surface area (Å²) in [4.78, 5) is 11.1. The Bertz CT molecular complexity index is 1090. The molecule has 1 aromatic heterocycles. The molecule has 0 unspecified atom stereocenters. The van der Waals surface area contributed by atoms with Gasteiger partial charge < -0.3 is 14.3 Å². The smallest absolute Gasteiger partial charge is 0.371 e. The number of nitrogens with one attached hydrogen (secondary N) is 1. The molecular weight excluding hydrogens is 438 g/mol. The molecule has 3 aromatic rings. The summed E-state index contributed by atoms with van der Waals surface area (Å²) in [7, 11) is -2.34. The zero-order valence-corrected chi connectivity index (χ0v) is 16.4. The van der Waals surface area contributed by atoms with Gasteiger partial charge in [-0.2, -0.15) is 0 Å². The summed E-state index contributed by atoms with van der Waals surface area (Å²) in [5.41, 5.74) is 0.697. The Kier molecular flexibility index (Phi) is 5.24. The number of ether oxygens (including phenoxy) is 1. The molecule has 3 rings (SSSR count). The Balaban J connectivity index is 1.97. The number of methoxy groups -OCH3 is 1. The Morgan fingerprint density at radius 1 is 1.11 bits per heavy atom. The van der Waals surface area contributed by atoms with Gasteiger partial charge in [0, 0.05) is 10.2 Å². The number of hydrogen-bond donors (Lipinski definition) is 2. The minimum atomic E-state index is -3.79. The van der Waals surface area contributed by atoms with Crippen LogP contribution in [0.4, 0.5) is 5.69 Å². The first-order valence-corrected chi connectivity index (χ1v) is 9.88. The van der Waals surface area contributed by atoms with Crippen LogP contribution in [-0.4, -0.2) is 26.6 Å². The molecule has 9 heteroatoms. The van der Waals surface area contributed by atoms with Gasteiger partial charge in [0.05, 0.1) is 17.6 Å². The Morgan fingerprint density at radius 2 is 1.81 bits per heavy atom. The van der Waals surface area contributed by atoms with Crippen molar-refractivity contribution in [2.24, 2.45) is 0 Å². The highest BCUT2D eigenvalue weighted by atomic mass is 79.9. The number of halogens is 1. The van der Waals surface area contributed by atoms with E-state index in [1.807, 2.05) is 0 Å². The molecule has 2 N–H and O–H groups in total. The van der Waals surface area contributed by atoms with E-state index < -0.39 is 16.0 Å². The van der Waals surface area contributed by atoms with Crippen LogP contribution >= 0.6 is 15.9 Å². The number of carboxylic acid groups (broad SMARTS) is 1. The third-order valence-electron chi connectivity index (χ3n) is 3.66. The molecule has 0 radical (unpaired) electrons. The van der Waals surface area contributed by atoms with Crippen LogP contribution < -0.4 is 9.46 Å². The summed E-state index contributed by atoms with van der Waals surface area (Å²) >= 11 is 3.26. The molecule has 2 aromatic carbocycles. The molecule has 1 heterocycles. The minimum Gasteiger partial charge on any atom is -0.496 e. The third kappa shape index (κ3) is 4.15. The molecule has 0 saturated heterocycles. The highest BCUT2D eigenvalue weighted by molar-refractivity contribution is 9.10. The van der Waals surface area contributed by atoms with Gasteiger partial charge in [-0.3, -0.25) is 4.72 Å². The second-order valence-corrected chi connectivity index (χ2v) is 8.04. The van der Waals surface area contributed by atoms with Gasteiger partial charge in [0.15, 0.2) is 0 Å². The van der Waals surface area contributed by atoms with Gasteiger partial charge >= 0.3 is 5.97 Å². The van der Waals surface area contributed by atoms with E-state index in [0.717, 1.165) is 4.47 Å². The van der Waals surface area contributed by atoms with E-state index in [2.05, 4.69) is 20.7 Å². The molecule has 0 atom stereocenters. The SMILES string of the molecule is COc1ccc(NS(=O)(=O)c2ccc(Br)cc2)cc1-c1ccc(C(=O)O)o1. The van der Waals surface area contributed by atoms with Crippen LogP contribution in [0.2, 0.25) is 0 Å². The number of anilines is 1. The first kappa shape index (κ1) is 19.0. The lowest BCUT2D eigenvalue weighted by atomic mass is 10.1. The van der Waals surface area contributed by atoms with E-state index in [0.29, 0.717) is 11.3 Å². The Labute approximate surface area is 163 Å². The number of aromatic carboxylic acids is 1. The molecule has 0 aliphatic carbocycles. The summed E-state index contributed by atoms with van der Waals surface area (Å²) < 4.78 is 38.9. The lowest BCUT2D eigenvalue weighted by molar-refractivity contribution is 0.0663. The van der Waals surface area contributed by atoms with E-state index in [4.69, 9.17) is 14.3 Å². The van der Waals surface area contributed by atoms with Crippen LogP contribution in [0.25, 0.3) is 11.3 Å². The fraction of sp³-hybridized carbons (Fsp3) is 0.0556. The average molecular weight is 452 g/mol. The largest absolute Gasteiger partial charge is 0.496 e. The molecule has 0 saturated carbocycles. The van der Waals surface area contributed by atoms with Crippen LogP contribution in [-0.2, 0) is 10.0 Å². The molecule has 0 aliphatic rings. The lowest BCUT2D eigenvalue weighted by Gasteiger charge is -2.12. The van der Waals surface area contributed by atoms with Gasteiger partial charge in [-0.25, -0.2) is 13.2 Å². The molecule has 0 bridgehead atoms. The van der Waals surface area contributed by atoms with Gasteiger partial charge in [-0.05, 0) is 54.6 Å². The highest BCUT2D eigenvalue weighted by Crippen LogP contribution is 2.34. The summed E-state index contributed by atoms with van der Waals surface area (Å²) in [5.74, 6) is -0.776. The third-order valence-corrected chi connectivity index (χ3v) is 5.58. The normalized spacial score (nSPS) is 11.2. The van der Waals surface area contributed by atoms with Gasteiger partial charge in [0.2, 0.25) is 5.76 Å². The fourth-order valence-corrected chi connectivity index (χ4v) is 3.70. The molecule has 0 spiro atoms. The maximum absolute atomic E-state index is 12.5. The van der Waals surface area contributed by atoms with Crippen LogP contribution in [0.15, 0.2) is 68.4 Å². The molecule has 0 aliphatic heterocycles. The predicted molar refractivity (Wildman–Crippen MR) is 103 cm³/mol. The number of carbonyl (C=O) groups is 1. The standard InChI is InChI=1S/C18H14BrNO6S/c1-25-15-7-4-12(10-14(15)16-8-9-17(26-16)18(21)22)20-27(23,24)13-5-2-11(19)3-6-13/h2-10,20H,1H3,(H,21,22). The van der Waals surface area contributed by atoms with E-state index in [1.54, 1.807) is 24.3 Å². The van der Waals surface area contributed by atoms with E-state index in [9.17, 15) is 13.2 Å². The Hall–Kier alpha value is -2.78. The number of sulfonamides is 1. The second kappa shape index (κ2) is 7.45. The predicted octanol–water partition coefficient (Wildman–Crippen LogP) is 4.22. The van der Waals surface area contributed by atoms with Crippen molar-refractivity contribution in [1.29, 1.82) is 0 Å². The van der Waals surface area contributed by atoms with E-state index >= 15 is 0 Å². The molecule has 7 nitrogen and oxygen atoms in total. The van der Waals surface area contributed by atoms with Crippen LogP contribution in [0, 0.1) is 0 Å². The quantitative estimate of drug-likeness (QED) is 0.580. The number of rotatable bonds is 6. The fourth-order valence-electron chi connectivity index (χ4n) is 2.39. The molecule has 27 heavy (non-hydrogen) atoms. The van der Waals surface area contributed by atoms with Crippen molar-refractivity contribution < 1.29 is 27.5 Å². The summed E-state index contributed by atoms with van der Waals surface area (Å²) in [6, 6.07) is 13.6. The van der Waals surface area contributed by atoms with Crippen molar-refractivity contribution in [2.75, 3.05) is 11.8 Å². The first-order valence-electron chi connectivity index (χ1n) is 7.60. The van der Waals surface area contributed by atoms with E-state index in [-0.39, 0.29) is 22.1 Å². The van der Waals surface area contributed by atoms with Crippen LogP contribution in [0.1, 0.15) is 10.6 Å². The maximum Gasteiger partial charge on any atom is 0.371 e. The minimum absolute atomic E-state index is 0.106. The number of hydrogen-bond acceptors (Lipinski definition) is 5. The van der Waals surface area contributed by atoms with Gasteiger partial charge in [-0.1, -0.05) is 15.9 Å². The van der Waals surface area contributed by atoms with Crippen molar-refractivity contribution >= 4 is 37.6 Å². The molecule has 140 valence electrons. The first-order chi connectivity index (χ1) is 12.8. The Morgan fingerprint density at radius 3 is 2.41 bits per heavy atom. The highest BCUT2D eigenvalue weighted by Gasteiger charge is 2.18. The number of carboxylic acids is 1. The van der Waals surface area contributed by atoms with E-state index in [1.165, 1.54) is 37.4 Å². The van der Waals surface area contributed by atoms with Crippen molar-refractivity contribution in [1.82, 2.24) is 0 Å². The second-order valence-electron chi connectivity index (χ2n) is 5.44. The van der Waals surface area contributed by atoms with Gasteiger partial charge in [-0.15, -0.1) is 0 Å². The molecule has 0 amide bonds. The van der Waals surface area contributed by atoms with Crippen LogP contribution in [0.5, 0.6) is 5.75 Å². The molecular formula is C18H14BrNO6S. The zero-order chi connectivity index (χ0) is 19.6. The van der Waals surface area contributed by atoms with Gasteiger partial charge in [0.1, 0.15) is 11.5 Å². The van der Waals surface area contributed by atoms with Gasteiger partial charge in [0.25, 0.3) is 10.0 Å². The van der Waals surface area contributed by atoms with Crippen molar-refractivity contribution in [2.45, 2.75) is 4.90 Å². The summed E-state index contributed by atoms with van der Waals surface area (Å²) in [6.07, 6.45) is 0. The average Bonchev–Trinajstić information content (AvgIpc) is 3.12. The van der Waals surface area contributed by atoms with Crippen LogP contribution in [0.3, 0.4) is 0 Å².